The first-order valence-electron chi connectivity index (χ1n) is 9.70. The third-order valence-corrected chi connectivity index (χ3v) is 6.91. The molecule has 0 aliphatic carbocycles. The highest BCUT2D eigenvalue weighted by atomic mass is 32.2. The van der Waals surface area contributed by atoms with Gasteiger partial charge in [-0.3, -0.25) is 14.4 Å². The molecule has 1 aromatic heterocycles. The fourth-order valence-corrected chi connectivity index (χ4v) is 4.65. The van der Waals surface area contributed by atoms with Crippen molar-refractivity contribution in [2.45, 2.75) is 38.3 Å². The number of sulfone groups is 1. The number of piperazine rings is 1. The van der Waals surface area contributed by atoms with Crippen LogP contribution in [0, 0.1) is 6.92 Å². The lowest BCUT2D eigenvalue weighted by molar-refractivity contribution is -0.132. The summed E-state index contributed by atoms with van der Waals surface area (Å²) in [4.78, 5) is 16.8. The molecule has 152 valence electrons. The Hall–Kier alpha value is -2.19. The zero-order valence-corrected chi connectivity index (χ0v) is 17.4. The van der Waals surface area contributed by atoms with Gasteiger partial charge in [0.05, 0.1) is 16.3 Å². The molecule has 0 radical (unpaired) electrons. The summed E-state index contributed by atoms with van der Waals surface area (Å²) in [5.74, 6) is -0.236. The lowest BCUT2D eigenvalue weighted by atomic mass is 10.2. The minimum Gasteiger partial charge on any atom is -0.340 e. The monoisotopic (exact) mass is 404 g/mol. The van der Waals surface area contributed by atoms with Crippen LogP contribution in [-0.4, -0.2) is 65.8 Å². The minimum absolute atomic E-state index is 0.0274. The van der Waals surface area contributed by atoms with Crippen molar-refractivity contribution in [3.8, 4) is 0 Å². The first-order chi connectivity index (χ1) is 13.4. The number of aromatic nitrogens is 2. The quantitative estimate of drug-likeness (QED) is 0.702. The zero-order valence-electron chi connectivity index (χ0n) is 16.5. The highest BCUT2D eigenvalue weighted by molar-refractivity contribution is 7.91. The molecule has 0 unspecified atom stereocenters. The maximum atomic E-state index is 12.5. The van der Waals surface area contributed by atoms with E-state index in [4.69, 9.17) is 0 Å². The molecule has 0 bridgehead atoms. The van der Waals surface area contributed by atoms with Crippen LogP contribution in [0.5, 0.6) is 0 Å². The van der Waals surface area contributed by atoms with Gasteiger partial charge in [-0.25, -0.2) is 8.42 Å². The van der Waals surface area contributed by atoms with Crippen LogP contribution in [0.4, 0.5) is 0 Å². The summed E-state index contributed by atoms with van der Waals surface area (Å²) in [7, 11) is -3.42. The molecule has 2 heterocycles. The van der Waals surface area contributed by atoms with Gasteiger partial charge in [0.25, 0.3) is 0 Å². The first-order valence-corrected chi connectivity index (χ1v) is 11.3. The molecule has 3 rings (SSSR count). The van der Waals surface area contributed by atoms with Crippen LogP contribution in [0.2, 0.25) is 0 Å². The number of amides is 1. The lowest BCUT2D eigenvalue weighted by Crippen LogP contribution is -2.48. The van der Waals surface area contributed by atoms with Crippen LogP contribution in [0.3, 0.4) is 0 Å². The smallest absolute Gasteiger partial charge is 0.223 e. The maximum absolute atomic E-state index is 12.5. The van der Waals surface area contributed by atoms with E-state index in [1.54, 1.807) is 35.2 Å². The Bertz CT molecular complexity index is 901. The van der Waals surface area contributed by atoms with Gasteiger partial charge in [0.1, 0.15) is 0 Å². The number of rotatable bonds is 7. The molecule has 28 heavy (non-hydrogen) atoms. The molecule has 1 amide bonds. The van der Waals surface area contributed by atoms with E-state index in [9.17, 15) is 13.2 Å². The summed E-state index contributed by atoms with van der Waals surface area (Å²) in [6, 6.07) is 8.31. The average Bonchev–Trinajstić information content (AvgIpc) is 3.07. The molecular weight excluding hydrogens is 376 g/mol. The average molecular weight is 405 g/mol. The van der Waals surface area contributed by atoms with Crippen molar-refractivity contribution in [3.05, 3.63) is 47.8 Å². The van der Waals surface area contributed by atoms with E-state index in [1.807, 2.05) is 11.6 Å². The van der Waals surface area contributed by atoms with Gasteiger partial charge in [-0.1, -0.05) is 18.2 Å². The van der Waals surface area contributed by atoms with Gasteiger partial charge >= 0.3 is 0 Å². The highest BCUT2D eigenvalue weighted by Gasteiger charge is 2.24. The number of hydrogen-bond acceptors (Lipinski definition) is 5. The van der Waals surface area contributed by atoms with Gasteiger partial charge in [-0.05, 0) is 26.0 Å². The molecular formula is C20H28N4O3S. The van der Waals surface area contributed by atoms with Gasteiger partial charge in [-0.15, -0.1) is 0 Å². The molecule has 1 aliphatic heterocycles. The molecule has 0 spiro atoms. The number of hydrogen-bond donors (Lipinski definition) is 0. The minimum atomic E-state index is -3.42. The Labute approximate surface area is 166 Å². The van der Waals surface area contributed by atoms with Crippen molar-refractivity contribution in [2.24, 2.45) is 0 Å². The number of benzene rings is 1. The van der Waals surface area contributed by atoms with Crippen molar-refractivity contribution >= 4 is 15.7 Å². The van der Waals surface area contributed by atoms with Crippen LogP contribution < -0.4 is 0 Å². The van der Waals surface area contributed by atoms with Crippen LogP contribution >= 0.6 is 0 Å². The van der Waals surface area contributed by atoms with Crippen molar-refractivity contribution in [1.29, 1.82) is 0 Å². The number of nitrogens with zero attached hydrogens (tertiary/aromatic N) is 4. The number of carbonyl (C=O) groups is 1. The van der Waals surface area contributed by atoms with E-state index < -0.39 is 9.84 Å². The standard InChI is InChI=1S/C20H28N4O3S/c1-3-24-16-18(17(2)21-24)15-22-10-12-23(13-11-22)20(25)9-14-28(26,27)19-7-5-4-6-8-19/h4-8,16H,3,9-15H2,1-2H3. The van der Waals surface area contributed by atoms with E-state index in [2.05, 4.69) is 23.1 Å². The van der Waals surface area contributed by atoms with Crippen molar-refractivity contribution in [3.63, 3.8) is 0 Å². The summed E-state index contributed by atoms with van der Waals surface area (Å²) in [6.07, 6.45) is 2.11. The molecule has 0 N–H and O–H groups in total. The predicted octanol–water partition coefficient (Wildman–Crippen LogP) is 1.72. The van der Waals surface area contributed by atoms with E-state index in [0.29, 0.717) is 13.1 Å². The zero-order chi connectivity index (χ0) is 20.1. The van der Waals surface area contributed by atoms with Crippen molar-refractivity contribution in [1.82, 2.24) is 19.6 Å². The fraction of sp³-hybridized carbons (Fsp3) is 0.500. The summed E-state index contributed by atoms with van der Waals surface area (Å²) < 4.78 is 26.6. The summed E-state index contributed by atoms with van der Waals surface area (Å²) in [5.41, 5.74) is 2.27. The molecule has 1 aromatic carbocycles. The van der Waals surface area contributed by atoms with Crippen molar-refractivity contribution < 1.29 is 13.2 Å². The fourth-order valence-electron chi connectivity index (χ4n) is 3.40. The van der Waals surface area contributed by atoms with Gasteiger partial charge in [0, 0.05) is 57.4 Å². The molecule has 8 heteroatoms. The molecule has 2 aromatic rings. The normalized spacial score (nSPS) is 15.7. The van der Waals surface area contributed by atoms with Gasteiger partial charge in [0.15, 0.2) is 9.84 Å². The largest absolute Gasteiger partial charge is 0.340 e. The summed E-state index contributed by atoms with van der Waals surface area (Å²) in [5, 5.41) is 4.48. The molecule has 0 atom stereocenters. The van der Waals surface area contributed by atoms with Crippen molar-refractivity contribution in [2.75, 3.05) is 31.9 Å². The Kier molecular flexibility index (Phi) is 6.51. The second-order valence-electron chi connectivity index (χ2n) is 7.13. The topological polar surface area (TPSA) is 75.5 Å². The second kappa shape index (κ2) is 8.87. The van der Waals surface area contributed by atoms with Crippen LogP contribution in [0.1, 0.15) is 24.6 Å². The Morgan fingerprint density at radius 1 is 1.11 bits per heavy atom. The van der Waals surface area contributed by atoms with Gasteiger partial charge in [0.2, 0.25) is 5.91 Å². The molecule has 1 fully saturated rings. The van der Waals surface area contributed by atoms with E-state index >= 15 is 0 Å². The van der Waals surface area contributed by atoms with E-state index in [-0.39, 0.29) is 23.0 Å². The van der Waals surface area contributed by atoms with Gasteiger partial charge < -0.3 is 4.90 Å². The third kappa shape index (κ3) is 4.99. The second-order valence-corrected chi connectivity index (χ2v) is 9.24. The number of aryl methyl sites for hydroxylation is 2. The first kappa shape index (κ1) is 20.5. The summed E-state index contributed by atoms with van der Waals surface area (Å²) in [6.45, 7) is 8.61. The number of carbonyl (C=O) groups excluding carboxylic acids is 1. The summed E-state index contributed by atoms with van der Waals surface area (Å²) >= 11 is 0. The van der Waals surface area contributed by atoms with E-state index in [1.165, 1.54) is 5.56 Å². The maximum Gasteiger partial charge on any atom is 0.223 e. The SMILES string of the molecule is CCn1cc(CN2CCN(C(=O)CCS(=O)(=O)c3ccccc3)CC2)c(C)n1. The Morgan fingerprint density at radius 3 is 2.39 bits per heavy atom. The lowest BCUT2D eigenvalue weighted by Gasteiger charge is -2.34. The Balaban J connectivity index is 1.48. The highest BCUT2D eigenvalue weighted by Crippen LogP contribution is 2.14. The predicted molar refractivity (Wildman–Crippen MR) is 108 cm³/mol. The third-order valence-electron chi connectivity index (χ3n) is 5.18. The van der Waals surface area contributed by atoms with Crippen LogP contribution in [-0.2, 0) is 27.7 Å². The Morgan fingerprint density at radius 2 is 1.79 bits per heavy atom. The molecule has 0 saturated carbocycles. The van der Waals surface area contributed by atoms with Crippen LogP contribution in [0.25, 0.3) is 0 Å². The van der Waals surface area contributed by atoms with E-state index in [0.717, 1.165) is 31.9 Å². The van der Waals surface area contributed by atoms with Crippen LogP contribution in [0.15, 0.2) is 41.4 Å². The molecule has 1 saturated heterocycles. The van der Waals surface area contributed by atoms with Gasteiger partial charge in [-0.2, -0.15) is 5.10 Å². The molecule has 7 nitrogen and oxygen atoms in total. The molecule has 1 aliphatic rings.